The second-order valence-electron chi connectivity index (χ2n) is 10.0. The number of cyclic esters (lactones) is 1. The Kier molecular flexibility index (Phi) is 7.74. The summed E-state index contributed by atoms with van der Waals surface area (Å²) in [6.45, 7) is 2.13. The Morgan fingerprint density at radius 3 is 2.63 bits per heavy atom. The van der Waals surface area contributed by atoms with Crippen LogP contribution in [0.1, 0.15) is 55.8 Å². The minimum Gasteiger partial charge on any atom is -0.433 e. The number of ether oxygens (including phenoxy) is 2. The molecule has 2 fully saturated rings. The van der Waals surface area contributed by atoms with Crippen LogP contribution in [0.4, 0.5) is 0 Å². The molecule has 2 aromatic rings. The fourth-order valence-electron chi connectivity index (χ4n) is 5.61. The predicted octanol–water partition coefficient (Wildman–Crippen LogP) is 2.83. The maximum atomic E-state index is 13.9. The molecule has 5 rings (SSSR count). The third-order valence-electron chi connectivity index (χ3n) is 7.48. The average molecular weight is 520 g/mol. The number of amides is 3. The van der Waals surface area contributed by atoms with Gasteiger partial charge in [0.05, 0.1) is 6.42 Å². The van der Waals surface area contributed by atoms with Gasteiger partial charge in [0.2, 0.25) is 18.1 Å². The van der Waals surface area contributed by atoms with Crippen LogP contribution in [0.25, 0.3) is 10.8 Å². The van der Waals surface area contributed by atoms with Gasteiger partial charge in [0.1, 0.15) is 18.1 Å². The van der Waals surface area contributed by atoms with Crippen LogP contribution in [0.2, 0.25) is 0 Å². The molecule has 9 heteroatoms. The van der Waals surface area contributed by atoms with Gasteiger partial charge in [-0.25, -0.2) is 0 Å². The summed E-state index contributed by atoms with van der Waals surface area (Å²) in [6, 6.07) is 11.0. The summed E-state index contributed by atoms with van der Waals surface area (Å²) in [5.74, 6) is -1.37. The molecule has 38 heavy (non-hydrogen) atoms. The van der Waals surface area contributed by atoms with E-state index >= 15 is 0 Å². The second-order valence-corrected chi connectivity index (χ2v) is 10.0. The van der Waals surface area contributed by atoms with Gasteiger partial charge < -0.3 is 25.0 Å². The van der Waals surface area contributed by atoms with Gasteiger partial charge in [-0.3, -0.25) is 19.2 Å². The third-order valence-corrected chi connectivity index (χ3v) is 7.48. The zero-order valence-electron chi connectivity index (χ0n) is 21.4. The van der Waals surface area contributed by atoms with Crippen LogP contribution < -0.4 is 10.6 Å². The highest BCUT2D eigenvalue weighted by atomic mass is 16.7. The summed E-state index contributed by atoms with van der Waals surface area (Å²) < 4.78 is 10.7. The predicted molar refractivity (Wildman–Crippen MR) is 140 cm³/mol. The van der Waals surface area contributed by atoms with Crippen molar-refractivity contribution in [3.63, 3.8) is 0 Å². The molecule has 3 amide bonds. The molecule has 3 aliphatic rings. The monoisotopic (exact) mass is 519 g/mol. The van der Waals surface area contributed by atoms with Crippen molar-refractivity contribution in [1.82, 2.24) is 15.5 Å². The van der Waals surface area contributed by atoms with E-state index in [2.05, 4.69) is 10.6 Å². The minimum absolute atomic E-state index is 0.0215. The number of carbonyl (C=O) groups is 4. The molecule has 200 valence electrons. The van der Waals surface area contributed by atoms with Crippen molar-refractivity contribution < 1.29 is 28.7 Å². The van der Waals surface area contributed by atoms with E-state index in [0.717, 1.165) is 23.6 Å². The van der Waals surface area contributed by atoms with E-state index in [1.54, 1.807) is 17.9 Å². The van der Waals surface area contributed by atoms with Gasteiger partial charge in [-0.1, -0.05) is 42.5 Å². The molecule has 3 heterocycles. The molecule has 0 spiro atoms. The summed E-state index contributed by atoms with van der Waals surface area (Å²) in [5.41, 5.74) is 0.472. The Labute approximate surface area is 221 Å². The maximum absolute atomic E-state index is 13.9. The highest BCUT2D eigenvalue weighted by Gasteiger charge is 2.43. The summed E-state index contributed by atoms with van der Waals surface area (Å²) in [7, 11) is 0. The first kappa shape index (κ1) is 25.9. The first-order valence-corrected chi connectivity index (χ1v) is 13.3. The number of fused-ring (bicyclic) bond motifs is 2. The number of nitrogens with zero attached hydrogens (tertiary/aromatic N) is 1. The molecular weight excluding hydrogens is 486 g/mol. The summed E-state index contributed by atoms with van der Waals surface area (Å²) in [5, 5.41) is 7.78. The number of nitrogens with one attached hydrogen (secondary N) is 2. The van der Waals surface area contributed by atoms with Crippen LogP contribution in [-0.2, 0) is 23.9 Å². The van der Waals surface area contributed by atoms with E-state index in [1.165, 1.54) is 0 Å². The SMILES string of the molecule is CCOC1OC(=O)CC1NC(=O)[C@@H]1CCC[C@@H]2CC=CC[C@H](NC(=O)c3ccc4ccccc4c3)C(=O)N21. The van der Waals surface area contributed by atoms with Crippen molar-refractivity contribution in [3.05, 3.63) is 60.2 Å². The van der Waals surface area contributed by atoms with Gasteiger partial charge in [0.25, 0.3) is 5.91 Å². The normalized spacial score (nSPS) is 27.3. The number of hydrogen-bond donors (Lipinski definition) is 2. The van der Waals surface area contributed by atoms with Gasteiger partial charge in [0.15, 0.2) is 0 Å². The Morgan fingerprint density at radius 1 is 1.03 bits per heavy atom. The lowest BCUT2D eigenvalue weighted by Gasteiger charge is -2.43. The van der Waals surface area contributed by atoms with E-state index in [9.17, 15) is 19.2 Å². The van der Waals surface area contributed by atoms with Gasteiger partial charge in [-0.2, -0.15) is 0 Å². The van der Waals surface area contributed by atoms with E-state index in [-0.39, 0.29) is 30.2 Å². The molecule has 3 aliphatic heterocycles. The molecule has 2 aromatic carbocycles. The highest BCUT2D eigenvalue weighted by Crippen LogP contribution is 2.29. The quantitative estimate of drug-likeness (QED) is 0.448. The first-order chi connectivity index (χ1) is 18.4. The van der Waals surface area contributed by atoms with E-state index in [1.807, 2.05) is 48.6 Å². The molecule has 0 saturated carbocycles. The van der Waals surface area contributed by atoms with Gasteiger partial charge >= 0.3 is 5.97 Å². The Hall–Kier alpha value is -3.72. The zero-order valence-corrected chi connectivity index (χ0v) is 21.4. The van der Waals surface area contributed by atoms with Crippen molar-refractivity contribution in [2.45, 2.75) is 75.9 Å². The Morgan fingerprint density at radius 2 is 1.82 bits per heavy atom. The van der Waals surface area contributed by atoms with Crippen LogP contribution >= 0.6 is 0 Å². The number of hydrogen-bond acceptors (Lipinski definition) is 6. The molecule has 0 bridgehead atoms. The third kappa shape index (κ3) is 5.43. The average Bonchev–Trinajstić information content (AvgIpc) is 3.26. The smallest absolute Gasteiger partial charge is 0.310 e. The molecule has 2 unspecified atom stereocenters. The largest absolute Gasteiger partial charge is 0.433 e. The first-order valence-electron chi connectivity index (χ1n) is 13.3. The van der Waals surface area contributed by atoms with Crippen LogP contribution in [-0.4, -0.2) is 65.7 Å². The summed E-state index contributed by atoms with van der Waals surface area (Å²) >= 11 is 0. The summed E-state index contributed by atoms with van der Waals surface area (Å²) in [6.07, 6.45) is 6.20. The fourth-order valence-corrected chi connectivity index (χ4v) is 5.61. The van der Waals surface area contributed by atoms with E-state index in [0.29, 0.717) is 31.4 Å². The number of carbonyl (C=O) groups excluding carboxylic acids is 4. The van der Waals surface area contributed by atoms with E-state index in [4.69, 9.17) is 9.47 Å². The van der Waals surface area contributed by atoms with Crippen molar-refractivity contribution in [1.29, 1.82) is 0 Å². The molecule has 0 aliphatic carbocycles. The van der Waals surface area contributed by atoms with Crippen molar-refractivity contribution in [2.24, 2.45) is 0 Å². The molecule has 0 aromatic heterocycles. The van der Waals surface area contributed by atoms with Crippen LogP contribution in [0, 0.1) is 0 Å². The lowest BCUT2D eigenvalue weighted by molar-refractivity contribution is -0.165. The number of rotatable bonds is 6. The molecule has 9 nitrogen and oxygen atoms in total. The lowest BCUT2D eigenvalue weighted by atomic mass is 9.90. The standard InChI is InChI=1S/C29H33N3O6/c1-2-37-29-23(17-25(33)38-29)31-27(35)24-13-7-11-21-10-5-6-12-22(28(36)32(21)24)30-26(34)20-15-14-18-8-3-4-9-19(18)16-20/h3-6,8-9,14-16,21-24,29H,2,7,10-13,17H2,1H3,(H,30,34)(H,31,35)/t21-,22-,23?,24-,29?/m0/s1. The van der Waals surface area contributed by atoms with Gasteiger partial charge in [-0.05, 0) is 61.9 Å². The molecule has 0 radical (unpaired) electrons. The second kappa shape index (κ2) is 11.3. The fraction of sp³-hybridized carbons (Fsp3) is 0.448. The number of benzene rings is 2. The van der Waals surface area contributed by atoms with Gasteiger partial charge in [0, 0.05) is 18.2 Å². The zero-order chi connectivity index (χ0) is 26.6. The highest BCUT2D eigenvalue weighted by molar-refractivity contribution is 6.01. The maximum Gasteiger partial charge on any atom is 0.310 e. The number of esters is 1. The van der Waals surface area contributed by atoms with E-state index < -0.39 is 30.4 Å². The molecule has 5 atom stereocenters. The minimum atomic E-state index is -0.837. The Bertz CT molecular complexity index is 1260. The van der Waals surface area contributed by atoms with Crippen LogP contribution in [0.5, 0.6) is 0 Å². The Balaban J connectivity index is 1.33. The topological polar surface area (TPSA) is 114 Å². The van der Waals surface area contributed by atoms with Crippen LogP contribution in [0.3, 0.4) is 0 Å². The molecule has 2 N–H and O–H groups in total. The summed E-state index contributed by atoms with van der Waals surface area (Å²) in [4.78, 5) is 54.0. The van der Waals surface area contributed by atoms with Crippen molar-refractivity contribution >= 4 is 34.5 Å². The van der Waals surface area contributed by atoms with Crippen molar-refractivity contribution in [2.75, 3.05) is 6.61 Å². The number of piperidine rings is 1. The van der Waals surface area contributed by atoms with Gasteiger partial charge in [-0.15, -0.1) is 0 Å². The molecule has 2 saturated heterocycles. The lowest BCUT2D eigenvalue weighted by Crippen LogP contribution is -2.62. The van der Waals surface area contributed by atoms with Crippen LogP contribution in [0.15, 0.2) is 54.6 Å². The van der Waals surface area contributed by atoms with Crippen molar-refractivity contribution in [3.8, 4) is 0 Å². The molecular formula is C29H33N3O6.